The number of aliphatic hydroxyl groups excluding tert-OH is 1. The molecule has 0 atom stereocenters. The Balaban J connectivity index is 2.03. The highest BCUT2D eigenvalue weighted by Crippen LogP contribution is 2.23. The third kappa shape index (κ3) is 4.68. The minimum atomic E-state index is 0.0567. The van der Waals surface area contributed by atoms with Gasteiger partial charge in [-0.3, -0.25) is 0 Å². The lowest BCUT2D eigenvalue weighted by atomic mass is 10.1. The Kier molecular flexibility index (Phi) is 5.46. The van der Waals surface area contributed by atoms with Crippen LogP contribution in [0.3, 0.4) is 0 Å². The summed E-state index contributed by atoms with van der Waals surface area (Å²) in [6.45, 7) is 3.48. The molecule has 0 spiro atoms. The SMILES string of the molecule is CCCOc1cc(N)cc(NCc2cccc(CO)c2)c1. The van der Waals surface area contributed by atoms with Gasteiger partial charge < -0.3 is 20.9 Å². The van der Waals surface area contributed by atoms with Crippen LogP contribution in [0.5, 0.6) is 5.75 Å². The van der Waals surface area contributed by atoms with Crippen molar-refractivity contribution in [2.45, 2.75) is 26.5 Å². The van der Waals surface area contributed by atoms with Crippen LogP contribution in [0.15, 0.2) is 42.5 Å². The lowest BCUT2D eigenvalue weighted by Gasteiger charge is -2.11. The number of anilines is 2. The van der Waals surface area contributed by atoms with Gasteiger partial charge in [0.05, 0.1) is 13.2 Å². The lowest BCUT2D eigenvalue weighted by molar-refractivity contribution is 0.281. The van der Waals surface area contributed by atoms with Crippen LogP contribution in [-0.4, -0.2) is 11.7 Å². The predicted octanol–water partition coefficient (Wildman–Crippen LogP) is 3.16. The van der Waals surface area contributed by atoms with Crippen LogP contribution in [0, 0.1) is 0 Å². The number of benzene rings is 2. The second kappa shape index (κ2) is 7.55. The molecular weight excluding hydrogens is 264 g/mol. The number of rotatable bonds is 7. The highest BCUT2D eigenvalue weighted by atomic mass is 16.5. The van der Waals surface area contributed by atoms with Crippen molar-refractivity contribution in [3.05, 3.63) is 53.6 Å². The maximum Gasteiger partial charge on any atom is 0.123 e. The highest BCUT2D eigenvalue weighted by molar-refractivity contribution is 5.59. The average Bonchev–Trinajstić information content (AvgIpc) is 2.50. The molecule has 0 saturated heterocycles. The van der Waals surface area contributed by atoms with Crippen LogP contribution >= 0.6 is 0 Å². The van der Waals surface area contributed by atoms with Gasteiger partial charge in [0.15, 0.2) is 0 Å². The van der Waals surface area contributed by atoms with Gasteiger partial charge in [0.1, 0.15) is 5.75 Å². The fourth-order valence-corrected chi connectivity index (χ4v) is 2.07. The number of nitrogens with two attached hydrogens (primary N) is 1. The Morgan fingerprint density at radius 3 is 2.71 bits per heavy atom. The number of nitrogen functional groups attached to an aromatic ring is 1. The summed E-state index contributed by atoms with van der Waals surface area (Å²) in [6.07, 6.45) is 0.964. The minimum absolute atomic E-state index is 0.0567. The van der Waals surface area contributed by atoms with Gasteiger partial charge in [-0.1, -0.05) is 31.2 Å². The quantitative estimate of drug-likeness (QED) is 0.684. The molecule has 2 aromatic rings. The molecule has 0 aliphatic rings. The molecule has 0 saturated carbocycles. The van der Waals surface area contributed by atoms with Gasteiger partial charge in [-0.05, 0) is 23.6 Å². The van der Waals surface area contributed by atoms with Crippen LogP contribution in [0.4, 0.5) is 11.4 Å². The van der Waals surface area contributed by atoms with Crippen molar-refractivity contribution >= 4 is 11.4 Å². The molecule has 0 unspecified atom stereocenters. The summed E-state index contributed by atoms with van der Waals surface area (Å²) in [6, 6.07) is 13.5. The molecule has 112 valence electrons. The number of hydrogen-bond acceptors (Lipinski definition) is 4. The molecule has 0 heterocycles. The van der Waals surface area contributed by atoms with Gasteiger partial charge >= 0.3 is 0 Å². The third-order valence-corrected chi connectivity index (χ3v) is 3.07. The molecule has 0 amide bonds. The first-order valence-electron chi connectivity index (χ1n) is 7.17. The number of aliphatic hydroxyl groups is 1. The molecular formula is C17H22N2O2. The smallest absolute Gasteiger partial charge is 0.123 e. The van der Waals surface area contributed by atoms with Crippen LogP contribution in [0.25, 0.3) is 0 Å². The topological polar surface area (TPSA) is 67.5 Å². The molecule has 0 fully saturated rings. The second-order valence-corrected chi connectivity index (χ2v) is 4.97. The monoisotopic (exact) mass is 286 g/mol. The first kappa shape index (κ1) is 15.2. The maximum absolute atomic E-state index is 9.15. The zero-order valence-electron chi connectivity index (χ0n) is 12.3. The van der Waals surface area contributed by atoms with E-state index in [0.717, 1.165) is 29.0 Å². The van der Waals surface area contributed by atoms with E-state index in [1.165, 1.54) is 0 Å². The normalized spacial score (nSPS) is 10.4. The fraction of sp³-hybridized carbons (Fsp3) is 0.294. The van der Waals surface area contributed by atoms with E-state index in [4.69, 9.17) is 15.6 Å². The molecule has 4 heteroatoms. The van der Waals surface area contributed by atoms with Gasteiger partial charge in [-0.25, -0.2) is 0 Å². The minimum Gasteiger partial charge on any atom is -0.493 e. The van der Waals surface area contributed by atoms with Crippen LogP contribution < -0.4 is 15.8 Å². The van der Waals surface area contributed by atoms with E-state index in [1.807, 2.05) is 42.5 Å². The molecule has 0 radical (unpaired) electrons. The molecule has 0 aliphatic carbocycles. The van der Waals surface area contributed by atoms with Crippen LogP contribution in [0.2, 0.25) is 0 Å². The predicted molar refractivity (Wildman–Crippen MR) is 86.3 cm³/mol. The average molecular weight is 286 g/mol. The molecule has 0 aromatic heterocycles. The lowest BCUT2D eigenvalue weighted by Crippen LogP contribution is -2.02. The van der Waals surface area contributed by atoms with E-state index in [-0.39, 0.29) is 6.61 Å². The maximum atomic E-state index is 9.15. The van der Waals surface area contributed by atoms with Crippen molar-refractivity contribution in [2.24, 2.45) is 0 Å². The Bertz CT molecular complexity index is 585. The number of nitrogens with one attached hydrogen (secondary N) is 1. The largest absolute Gasteiger partial charge is 0.493 e. The van der Waals surface area contributed by atoms with Crippen molar-refractivity contribution in [3.8, 4) is 5.75 Å². The number of ether oxygens (including phenoxy) is 1. The van der Waals surface area contributed by atoms with E-state index in [1.54, 1.807) is 0 Å². The summed E-state index contributed by atoms with van der Waals surface area (Å²) in [5.74, 6) is 0.781. The van der Waals surface area contributed by atoms with E-state index >= 15 is 0 Å². The summed E-state index contributed by atoms with van der Waals surface area (Å²) in [5.41, 5.74) is 9.52. The van der Waals surface area contributed by atoms with E-state index in [2.05, 4.69) is 12.2 Å². The molecule has 4 N–H and O–H groups in total. The second-order valence-electron chi connectivity index (χ2n) is 4.97. The molecule has 4 nitrogen and oxygen atoms in total. The Morgan fingerprint density at radius 2 is 1.95 bits per heavy atom. The van der Waals surface area contributed by atoms with Gasteiger partial charge in [-0.2, -0.15) is 0 Å². The molecule has 2 rings (SSSR count). The molecule has 0 bridgehead atoms. The summed E-state index contributed by atoms with van der Waals surface area (Å²) < 4.78 is 5.61. The zero-order valence-corrected chi connectivity index (χ0v) is 12.3. The van der Waals surface area contributed by atoms with E-state index < -0.39 is 0 Å². The van der Waals surface area contributed by atoms with Crippen molar-refractivity contribution in [1.29, 1.82) is 0 Å². The van der Waals surface area contributed by atoms with Crippen LogP contribution in [0.1, 0.15) is 24.5 Å². The fourth-order valence-electron chi connectivity index (χ4n) is 2.07. The Hall–Kier alpha value is -2.20. The van der Waals surface area contributed by atoms with Gasteiger partial charge in [0.25, 0.3) is 0 Å². The van der Waals surface area contributed by atoms with Crippen molar-refractivity contribution in [1.82, 2.24) is 0 Å². The van der Waals surface area contributed by atoms with Gasteiger partial charge in [-0.15, -0.1) is 0 Å². The Morgan fingerprint density at radius 1 is 1.14 bits per heavy atom. The van der Waals surface area contributed by atoms with Crippen molar-refractivity contribution < 1.29 is 9.84 Å². The Labute approximate surface area is 125 Å². The zero-order chi connectivity index (χ0) is 15.1. The van der Waals surface area contributed by atoms with Crippen molar-refractivity contribution in [2.75, 3.05) is 17.7 Å². The summed E-state index contributed by atoms with van der Waals surface area (Å²) in [4.78, 5) is 0. The van der Waals surface area contributed by atoms with Crippen molar-refractivity contribution in [3.63, 3.8) is 0 Å². The number of hydrogen-bond donors (Lipinski definition) is 3. The first-order valence-corrected chi connectivity index (χ1v) is 7.17. The van der Waals surface area contributed by atoms with Gasteiger partial charge in [0, 0.05) is 30.1 Å². The third-order valence-electron chi connectivity index (χ3n) is 3.07. The van der Waals surface area contributed by atoms with E-state index in [9.17, 15) is 0 Å². The van der Waals surface area contributed by atoms with E-state index in [0.29, 0.717) is 18.8 Å². The molecule has 21 heavy (non-hydrogen) atoms. The molecule has 2 aromatic carbocycles. The summed E-state index contributed by atoms with van der Waals surface area (Å²) in [7, 11) is 0. The van der Waals surface area contributed by atoms with Gasteiger partial charge in [0.2, 0.25) is 0 Å². The van der Waals surface area contributed by atoms with Crippen LogP contribution in [-0.2, 0) is 13.2 Å². The highest BCUT2D eigenvalue weighted by Gasteiger charge is 2.01. The summed E-state index contributed by atoms with van der Waals surface area (Å²) >= 11 is 0. The summed E-state index contributed by atoms with van der Waals surface area (Å²) in [5, 5.41) is 12.5. The molecule has 0 aliphatic heterocycles. The standard InChI is InChI=1S/C17H22N2O2/c1-2-6-21-17-9-15(18)8-16(10-17)19-11-13-4-3-5-14(7-13)12-20/h3-5,7-10,19-20H,2,6,11-12,18H2,1H3. The first-order chi connectivity index (χ1) is 10.2.